The second-order valence-corrected chi connectivity index (χ2v) is 9.33. The zero-order valence-electron chi connectivity index (χ0n) is 19.0. The van der Waals surface area contributed by atoms with Crippen LogP contribution in [0.4, 0.5) is 0 Å². The van der Waals surface area contributed by atoms with Gasteiger partial charge < -0.3 is 18.8 Å². The summed E-state index contributed by atoms with van der Waals surface area (Å²) in [5.74, 6) is -0.950. The van der Waals surface area contributed by atoms with Gasteiger partial charge in [0.2, 0.25) is 0 Å². The Bertz CT molecular complexity index is 1210. The van der Waals surface area contributed by atoms with Crippen molar-refractivity contribution in [2.24, 2.45) is 0 Å². The largest absolute Gasteiger partial charge is 0.507 e. The SMILES string of the molecule is CC(=O)CC(c1ccccc1)c1c(O)c2c(B3OC(C)(C)C(C)(C)O3)cccc2oc1=O. The van der Waals surface area contributed by atoms with E-state index in [1.165, 1.54) is 6.92 Å². The molecule has 1 saturated heterocycles. The second-order valence-electron chi connectivity index (χ2n) is 9.33. The molecular formula is C25H27BO6. The molecule has 32 heavy (non-hydrogen) atoms. The molecule has 166 valence electrons. The molecule has 1 aliphatic rings. The van der Waals surface area contributed by atoms with Crippen molar-refractivity contribution in [1.29, 1.82) is 0 Å². The number of aromatic hydroxyl groups is 1. The van der Waals surface area contributed by atoms with E-state index in [4.69, 9.17) is 13.7 Å². The van der Waals surface area contributed by atoms with Crippen molar-refractivity contribution in [3.05, 3.63) is 70.1 Å². The van der Waals surface area contributed by atoms with Gasteiger partial charge in [-0.2, -0.15) is 0 Å². The van der Waals surface area contributed by atoms with Gasteiger partial charge in [-0.1, -0.05) is 42.5 Å². The number of carbonyl (C=O) groups excluding carboxylic acids is 1. The standard InChI is InChI=1S/C25H27BO6/c1-15(27)14-17(16-10-7-6-8-11-16)20-22(28)21-18(12-9-13-19(21)30-23(20)29)26-31-24(2,3)25(4,5)32-26/h6-13,17,28H,14H2,1-5H3. The molecule has 0 amide bonds. The van der Waals surface area contributed by atoms with E-state index in [-0.39, 0.29) is 29.1 Å². The number of fused-ring (bicyclic) bond motifs is 1. The van der Waals surface area contributed by atoms with Crippen LogP contribution in [-0.4, -0.2) is 29.2 Å². The van der Waals surface area contributed by atoms with Gasteiger partial charge in [0.25, 0.3) is 0 Å². The number of hydrogen-bond acceptors (Lipinski definition) is 6. The van der Waals surface area contributed by atoms with Crippen molar-refractivity contribution < 1.29 is 23.6 Å². The van der Waals surface area contributed by atoms with Gasteiger partial charge in [-0.25, -0.2) is 4.79 Å². The Labute approximate surface area is 187 Å². The minimum Gasteiger partial charge on any atom is -0.507 e. The lowest BCUT2D eigenvalue weighted by Gasteiger charge is -2.32. The van der Waals surface area contributed by atoms with Crippen molar-refractivity contribution in [3.63, 3.8) is 0 Å². The molecule has 1 fully saturated rings. The lowest BCUT2D eigenvalue weighted by molar-refractivity contribution is -0.117. The van der Waals surface area contributed by atoms with E-state index in [1.54, 1.807) is 18.2 Å². The first-order valence-corrected chi connectivity index (χ1v) is 10.7. The van der Waals surface area contributed by atoms with Gasteiger partial charge >= 0.3 is 12.7 Å². The summed E-state index contributed by atoms with van der Waals surface area (Å²) in [6, 6.07) is 14.3. The van der Waals surface area contributed by atoms with Gasteiger partial charge in [0.05, 0.1) is 22.2 Å². The van der Waals surface area contributed by atoms with Crippen LogP contribution in [0.1, 0.15) is 58.1 Å². The van der Waals surface area contributed by atoms with Gasteiger partial charge in [-0.05, 0) is 51.7 Å². The zero-order valence-corrected chi connectivity index (χ0v) is 19.0. The second kappa shape index (κ2) is 7.91. The molecule has 1 aromatic heterocycles. The zero-order chi connectivity index (χ0) is 23.3. The molecule has 0 aliphatic carbocycles. The van der Waals surface area contributed by atoms with Crippen LogP contribution in [0, 0.1) is 0 Å². The molecule has 3 aromatic rings. The molecule has 0 bridgehead atoms. The van der Waals surface area contributed by atoms with Crippen LogP contribution in [0.2, 0.25) is 0 Å². The fourth-order valence-electron chi connectivity index (χ4n) is 4.11. The molecule has 1 aliphatic heterocycles. The highest BCUT2D eigenvalue weighted by Gasteiger charge is 2.52. The van der Waals surface area contributed by atoms with Crippen LogP contribution < -0.4 is 11.1 Å². The summed E-state index contributed by atoms with van der Waals surface area (Å²) >= 11 is 0. The van der Waals surface area contributed by atoms with E-state index in [9.17, 15) is 14.7 Å². The maximum absolute atomic E-state index is 13.0. The van der Waals surface area contributed by atoms with Crippen molar-refractivity contribution >= 4 is 29.3 Å². The third-order valence-electron chi connectivity index (χ3n) is 6.52. The molecule has 0 saturated carbocycles. The Balaban J connectivity index is 1.94. The molecule has 7 heteroatoms. The van der Waals surface area contributed by atoms with E-state index in [0.29, 0.717) is 10.8 Å². The number of hydrogen-bond donors (Lipinski definition) is 1. The molecule has 6 nitrogen and oxygen atoms in total. The van der Waals surface area contributed by atoms with Crippen LogP contribution in [0.3, 0.4) is 0 Å². The first-order chi connectivity index (χ1) is 15.0. The van der Waals surface area contributed by atoms with E-state index in [1.807, 2.05) is 58.0 Å². The molecule has 0 radical (unpaired) electrons. The highest BCUT2D eigenvalue weighted by atomic mass is 16.7. The van der Waals surface area contributed by atoms with Gasteiger partial charge in [0, 0.05) is 12.3 Å². The average Bonchev–Trinajstić information content (AvgIpc) is 2.94. The van der Waals surface area contributed by atoms with Crippen LogP contribution in [0.25, 0.3) is 11.0 Å². The third kappa shape index (κ3) is 3.76. The van der Waals surface area contributed by atoms with E-state index < -0.39 is 29.9 Å². The fraction of sp³-hybridized carbons (Fsp3) is 0.360. The van der Waals surface area contributed by atoms with Crippen molar-refractivity contribution in [2.45, 2.75) is 58.2 Å². The van der Waals surface area contributed by atoms with Crippen LogP contribution in [0.15, 0.2) is 57.7 Å². The maximum atomic E-state index is 13.0. The summed E-state index contributed by atoms with van der Waals surface area (Å²) in [5.41, 5.74) is -0.210. The minimum atomic E-state index is -0.752. The topological polar surface area (TPSA) is 86.0 Å². The molecule has 1 atom stereocenters. The Kier molecular flexibility index (Phi) is 5.51. The molecule has 2 heterocycles. The summed E-state index contributed by atoms with van der Waals surface area (Å²) in [6.07, 6.45) is 0.0620. The number of carbonyl (C=O) groups is 1. The highest BCUT2D eigenvalue weighted by Crippen LogP contribution is 2.39. The number of ketones is 1. The maximum Gasteiger partial charge on any atom is 0.495 e. The highest BCUT2D eigenvalue weighted by molar-refractivity contribution is 6.65. The first-order valence-electron chi connectivity index (χ1n) is 10.7. The Hall–Kier alpha value is -2.90. The van der Waals surface area contributed by atoms with Crippen molar-refractivity contribution in [3.8, 4) is 5.75 Å². The molecule has 4 rings (SSSR count). The minimum absolute atomic E-state index is 0.0582. The molecular weight excluding hydrogens is 407 g/mol. The number of rotatable bonds is 5. The van der Waals surface area contributed by atoms with Gasteiger partial charge in [0.1, 0.15) is 17.1 Å². The van der Waals surface area contributed by atoms with E-state index >= 15 is 0 Å². The molecule has 1 N–H and O–H groups in total. The van der Waals surface area contributed by atoms with Gasteiger partial charge in [-0.3, -0.25) is 4.79 Å². The monoisotopic (exact) mass is 434 g/mol. The lowest BCUT2D eigenvalue weighted by Crippen LogP contribution is -2.41. The van der Waals surface area contributed by atoms with E-state index in [2.05, 4.69) is 0 Å². The summed E-state index contributed by atoms with van der Waals surface area (Å²) < 4.78 is 18.0. The van der Waals surface area contributed by atoms with Crippen LogP contribution >= 0.6 is 0 Å². The summed E-state index contributed by atoms with van der Waals surface area (Å²) in [6.45, 7) is 9.25. The van der Waals surface area contributed by atoms with Crippen molar-refractivity contribution in [2.75, 3.05) is 0 Å². The average molecular weight is 434 g/mol. The Morgan fingerprint density at radius 1 is 1.00 bits per heavy atom. The number of Topliss-reactive ketones (excluding diaryl/α,β-unsaturated/α-hetero) is 1. The third-order valence-corrected chi connectivity index (χ3v) is 6.52. The normalized spacial score (nSPS) is 18.1. The van der Waals surface area contributed by atoms with Gasteiger partial charge in [0.15, 0.2) is 0 Å². The molecule has 1 unspecified atom stereocenters. The Morgan fingerprint density at radius 3 is 2.22 bits per heavy atom. The summed E-state index contributed by atoms with van der Waals surface area (Å²) in [4.78, 5) is 25.0. The lowest BCUT2D eigenvalue weighted by atomic mass is 9.75. The van der Waals surface area contributed by atoms with E-state index in [0.717, 1.165) is 5.56 Å². The molecule has 2 aromatic carbocycles. The molecule has 0 spiro atoms. The van der Waals surface area contributed by atoms with Crippen molar-refractivity contribution in [1.82, 2.24) is 0 Å². The first kappa shape index (κ1) is 22.3. The van der Waals surface area contributed by atoms with Crippen LogP contribution in [-0.2, 0) is 14.1 Å². The van der Waals surface area contributed by atoms with Gasteiger partial charge in [-0.15, -0.1) is 0 Å². The fourth-order valence-corrected chi connectivity index (χ4v) is 4.11. The number of benzene rings is 2. The summed E-state index contributed by atoms with van der Waals surface area (Å²) in [7, 11) is -0.752. The summed E-state index contributed by atoms with van der Waals surface area (Å²) in [5, 5.41) is 11.7. The predicted molar refractivity (Wildman–Crippen MR) is 123 cm³/mol. The van der Waals surface area contributed by atoms with Crippen LogP contribution in [0.5, 0.6) is 5.75 Å². The smallest absolute Gasteiger partial charge is 0.495 e. The predicted octanol–water partition coefficient (Wildman–Crippen LogP) is 3.91. The quantitative estimate of drug-likeness (QED) is 0.484. The Morgan fingerprint density at radius 2 is 1.62 bits per heavy atom.